The van der Waals surface area contributed by atoms with Gasteiger partial charge in [0.1, 0.15) is 11.5 Å². The fourth-order valence-corrected chi connectivity index (χ4v) is 4.27. The number of benzene rings is 3. The van der Waals surface area contributed by atoms with Crippen LogP contribution in [0.5, 0.6) is 5.75 Å². The first kappa shape index (κ1) is 24.1. The minimum absolute atomic E-state index is 0.0987. The Bertz CT molecular complexity index is 1360. The summed E-state index contributed by atoms with van der Waals surface area (Å²) in [5, 5.41) is 11.2. The summed E-state index contributed by atoms with van der Waals surface area (Å²) >= 11 is 0. The number of anilines is 1. The zero-order valence-electron chi connectivity index (χ0n) is 19.2. The summed E-state index contributed by atoms with van der Waals surface area (Å²) in [6.07, 6.45) is -4.64. The number of Topliss-reactive ketones (excluding diaryl/α,β-unsaturated/α-hetero) is 1. The number of carbonyl (C=O) groups is 2. The lowest BCUT2D eigenvalue weighted by Gasteiger charge is -2.26. The van der Waals surface area contributed by atoms with Crippen LogP contribution in [0, 0.1) is 13.8 Å². The molecule has 35 heavy (non-hydrogen) atoms. The molecule has 1 saturated heterocycles. The monoisotopic (exact) mass is 481 g/mol. The number of aliphatic hydroxyl groups excluding tert-OH is 1. The molecule has 0 radical (unpaired) electrons. The predicted molar refractivity (Wildman–Crippen MR) is 125 cm³/mol. The van der Waals surface area contributed by atoms with E-state index < -0.39 is 35.2 Å². The lowest BCUT2D eigenvalue weighted by atomic mass is 9.93. The number of hydrogen-bond acceptors (Lipinski definition) is 4. The van der Waals surface area contributed by atoms with Gasteiger partial charge in [-0.1, -0.05) is 35.9 Å². The van der Waals surface area contributed by atoms with Crippen molar-refractivity contribution in [3.63, 3.8) is 0 Å². The number of carbonyl (C=O) groups excluding carboxylic acids is 2. The Balaban J connectivity index is 1.95. The molecule has 0 saturated carbocycles. The molecular formula is C27H22F3NO4. The van der Waals surface area contributed by atoms with Crippen LogP contribution in [0.3, 0.4) is 0 Å². The Hall–Kier alpha value is -4.07. The van der Waals surface area contributed by atoms with Crippen LogP contribution in [0.1, 0.15) is 33.9 Å². The molecule has 1 heterocycles. The highest BCUT2D eigenvalue weighted by Gasteiger charge is 2.47. The molecule has 8 heteroatoms. The molecule has 1 aliphatic rings. The van der Waals surface area contributed by atoms with Gasteiger partial charge in [0.25, 0.3) is 11.7 Å². The largest absolute Gasteiger partial charge is 0.507 e. The number of ketones is 1. The molecule has 1 aliphatic heterocycles. The number of aryl methyl sites for hydroxylation is 2. The van der Waals surface area contributed by atoms with E-state index in [-0.39, 0.29) is 16.8 Å². The van der Waals surface area contributed by atoms with Gasteiger partial charge in [-0.15, -0.1) is 0 Å². The smallest absolute Gasteiger partial charge is 0.416 e. The van der Waals surface area contributed by atoms with Gasteiger partial charge in [-0.05, 0) is 61.4 Å². The molecule has 5 nitrogen and oxygen atoms in total. The summed E-state index contributed by atoms with van der Waals surface area (Å²) in [6.45, 7) is 3.57. The number of ether oxygens (including phenoxy) is 1. The first-order chi connectivity index (χ1) is 16.5. The van der Waals surface area contributed by atoms with Crippen molar-refractivity contribution in [1.29, 1.82) is 0 Å². The average Bonchev–Trinajstić information content (AvgIpc) is 3.08. The molecule has 3 aromatic rings. The number of nitrogens with zero attached hydrogens (tertiary/aromatic N) is 1. The lowest BCUT2D eigenvalue weighted by Crippen LogP contribution is -2.29. The van der Waals surface area contributed by atoms with Crippen LogP contribution >= 0.6 is 0 Å². The molecule has 1 atom stereocenters. The van der Waals surface area contributed by atoms with Crippen molar-refractivity contribution in [2.75, 3.05) is 12.0 Å². The number of methoxy groups -OCH3 is 1. The molecule has 0 aromatic heterocycles. The Kier molecular flexibility index (Phi) is 6.15. The van der Waals surface area contributed by atoms with Crippen molar-refractivity contribution >= 4 is 23.1 Å². The van der Waals surface area contributed by atoms with Gasteiger partial charge in [-0.2, -0.15) is 13.2 Å². The Morgan fingerprint density at radius 1 is 0.971 bits per heavy atom. The molecule has 1 amide bonds. The molecule has 1 N–H and O–H groups in total. The predicted octanol–water partition coefficient (Wildman–Crippen LogP) is 5.96. The van der Waals surface area contributed by atoms with Gasteiger partial charge < -0.3 is 9.84 Å². The molecule has 0 spiro atoms. The second-order valence-electron chi connectivity index (χ2n) is 8.32. The van der Waals surface area contributed by atoms with Crippen molar-refractivity contribution in [3.8, 4) is 5.75 Å². The van der Waals surface area contributed by atoms with Crippen LogP contribution in [0.25, 0.3) is 5.76 Å². The van der Waals surface area contributed by atoms with E-state index in [1.54, 1.807) is 43.3 Å². The molecule has 0 bridgehead atoms. The molecule has 180 valence electrons. The molecule has 1 unspecified atom stereocenters. The number of aliphatic hydroxyl groups is 1. The maximum absolute atomic E-state index is 13.4. The van der Waals surface area contributed by atoms with Gasteiger partial charge in [0.15, 0.2) is 0 Å². The van der Waals surface area contributed by atoms with Gasteiger partial charge >= 0.3 is 6.18 Å². The third kappa shape index (κ3) is 4.39. The molecular weight excluding hydrogens is 459 g/mol. The Morgan fingerprint density at radius 2 is 1.69 bits per heavy atom. The van der Waals surface area contributed by atoms with Crippen LogP contribution in [-0.4, -0.2) is 23.9 Å². The highest BCUT2D eigenvalue weighted by atomic mass is 19.4. The van der Waals surface area contributed by atoms with Crippen LogP contribution in [0.4, 0.5) is 18.9 Å². The lowest BCUT2D eigenvalue weighted by molar-refractivity contribution is -0.137. The molecule has 3 aromatic carbocycles. The minimum Gasteiger partial charge on any atom is -0.507 e. The fourth-order valence-electron chi connectivity index (χ4n) is 4.27. The third-order valence-corrected chi connectivity index (χ3v) is 5.92. The van der Waals surface area contributed by atoms with E-state index in [9.17, 15) is 27.9 Å². The molecule has 1 fully saturated rings. The zero-order chi connectivity index (χ0) is 25.5. The van der Waals surface area contributed by atoms with E-state index in [0.717, 1.165) is 22.6 Å². The highest BCUT2D eigenvalue weighted by Crippen LogP contribution is 2.43. The first-order valence-corrected chi connectivity index (χ1v) is 10.7. The van der Waals surface area contributed by atoms with Crippen molar-refractivity contribution in [1.82, 2.24) is 0 Å². The maximum atomic E-state index is 13.4. The summed E-state index contributed by atoms with van der Waals surface area (Å²) < 4.78 is 45.4. The second-order valence-corrected chi connectivity index (χ2v) is 8.32. The quantitative estimate of drug-likeness (QED) is 0.284. The summed E-state index contributed by atoms with van der Waals surface area (Å²) in [5.74, 6) is -1.86. The number of rotatable bonds is 4. The normalized spacial score (nSPS) is 17.7. The van der Waals surface area contributed by atoms with E-state index in [1.165, 1.54) is 19.2 Å². The SMILES string of the molecule is COc1ccc(/C(O)=C2\C(=O)C(=O)N(c3cccc(C(F)(F)F)c3)C2c2cccc(C)c2)cc1C. The first-order valence-electron chi connectivity index (χ1n) is 10.7. The van der Waals surface area contributed by atoms with Crippen LogP contribution in [0.15, 0.2) is 72.3 Å². The second kappa shape index (κ2) is 8.94. The van der Waals surface area contributed by atoms with Gasteiger partial charge in [0.2, 0.25) is 0 Å². The van der Waals surface area contributed by atoms with Crippen molar-refractivity contribution in [2.24, 2.45) is 0 Å². The Labute approximate surface area is 200 Å². The van der Waals surface area contributed by atoms with Crippen molar-refractivity contribution < 1.29 is 32.6 Å². The van der Waals surface area contributed by atoms with E-state index in [4.69, 9.17) is 4.74 Å². The van der Waals surface area contributed by atoms with E-state index >= 15 is 0 Å². The zero-order valence-corrected chi connectivity index (χ0v) is 19.2. The molecule has 4 rings (SSSR count). The van der Waals surface area contributed by atoms with Crippen LogP contribution in [-0.2, 0) is 15.8 Å². The topological polar surface area (TPSA) is 66.8 Å². The number of amides is 1. The number of alkyl halides is 3. The maximum Gasteiger partial charge on any atom is 0.416 e. The van der Waals surface area contributed by atoms with E-state index in [1.807, 2.05) is 13.0 Å². The highest BCUT2D eigenvalue weighted by molar-refractivity contribution is 6.51. The minimum atomic E-state index is -4.64. The summed E-state index contributed by atoms with van der Waals surface area (Å²) in [5.41, 5.74) is 1.01. The van der Waals surface area contributed by atoms with Crippen LogP contribution in [0.2, 0.25) is 0 Å². The average molecular weight is 481 g/mol. The van der Waals surface area contributed by atoms with Gasteiger partial charge in [0.05, 0.1) is 24.3 Å². The van der Waals surface area contributed by atoms with Crippen molar-refractivity contribution in [3.05, 3.63) is 100 Å². The molecule has 0 aliphatic carbocycles. The van der Waals surface area contributed by atoms with E-state index in [2.05, 4.69) is 0 Å². The fraction of sp³-hybridized carbons (Fsp3) is 0.185. The number of hydrogen-bond donors (Lipinski definition) is 1. The third-order valence-electron chi connectivity index (χ3n) is 5.92. The van der Waals surface area contributed by atoms with Gasteiger partial charge in [-0.3, -0.25) is 14.5 Å². The van der Waals surface area contributed by atoms with Gasteiger partial charge in [0, 0.05) is 11.3 Å². The summed E-state index contributed by atoms with van der Waals surface area (Å²) in [4.78, 5) is 27.4. The van der Waals surface area contributed by atoms with Crippen molar-refractivity contribution in [2.45, 2.75) is 26.1 Å². The van der Waals surface area contributed by atoms with Crippen LogP contribution < -0.4 is 9.64 Å². The standard InChI is InChI=1S/C27H22F3NO4/c1-15-6-4-7-17(12-15)23-22(24(32)18-10-11-21(35-3)16(2)13-18)25(33)26(34)31(23)20-9-5-8-19(14-20)27(28,29)30/h4-14,23,32H,1-3H3/b24-22+. The number of halogens is 3. The summed E-state index contributed by atoms with van der Waals surface area (Å²) in [7, 11) is 1.50. The van der Waals surface area contributed by atoms with E-state index in [0.29, 0.717) is 16.9 Å². The Morgan fingerprint density at radius 3 is 2.31 bits per heavy atom. The summed E-state index contributed by atoms with van der Waals surface area (Å²) in [6, 6.07) is 14.8. The van der Waals surface area contributed by atoms with Gasteiger partial charge in [-0.25, -0.2) is 0 Å².